The standard InChI is InChI=1S/C16H16FNO2S/c1-10-3-4-11(9-19)7-14(10)18-16(20)12-5-6-13(17)15(8-12)21-2/h3-8,19H,9H2,1-2H3,(H,18,20). The van der Waals surface area contributed by atoms with Gasteiger partial charge in [-0.3, -0.25) is 4.79 Å². The van der Waals surface area contributed by atoms with Gasteiger partial charge in [-0.1, -0.05) is 12.1 Å². The van der Waals surface area contributed by atoms with Crippen molar-refractivity contribution in [3.8, 4) is 0 Å². The van der Waals surface area contributed by atoms with Gasteiger partial charge in [0.1, 0.15) is 5.82 Å². The van der Waals surface area contributed by atoms with Crippen LogP contribution in [0, 0.1) is 12.7 Å². The predicted octanol–water partition coefficient (Wildman–Crippen LogP) is 3.60. The van der Waals surface area contributed by atoms with Gasteiger partial charge in [-0.15, -0.1) is 11.8 Å². The van der Waals surface area contributed by atoms with Crippen LogP contribution < -0.4 is 5.32 Å². The zero-order valence-electron chi connectivity index (χ0n) is 11.8. The van der Waals surface area contributed by atoms with E-state index in [1.54, 1.807) is 18.4 Å². The summed E-state index contributed by atoms with van der Waals surface area (Å²) in [5.41, 5.74) is 2.66. The van der Waals surface area contributed by atoms with Crippen molar-refractivity contribution in [2.75, 3.05) is 11.6 Å². The van der Waals surface area contributed by atoms with Crippen LogP contribution in [-0.2, 0) is 6.61 Å². The first-order valence-corrected chi connectivity index (χ1v) is 7.63. The molecule has 0 radical (unpaired) electrons. The number of benzene rings is 2. The molecule has 0 saturated heterocycles. The lowest BCUT2D eigenvalue weighted by Gasteiger charge is -2.10. The zero-order chi connectivity index (χ0) is 15.4. The van der Waals surface area contributed by atoms with Crippen molar-refractivity contribution >= 4 is 23.4 Å². The van der Waals surface area contributed by atoms with Gasteiger partial charge in [0.2, 0.25) is 0 Å². The minimum atomic E-state index is -0.336. The minimum Gasteiger partial charge on any atom is -0.392 e. The van der Waals surface area contributed by atoms with Crippen LogP contribution in [0.3, 0.4) is 0 Å². The number of carbonyl (C=O) groups is 1. The number of aryl methyl sites for hydroxylation is 1. The van der Waals surface area contributed by atoms with Crippen LogP contribution >= 0.6 is 11.8 Å². The molecule has 0 bridgehead atoms. The van der Waals surface area contributed by atoms with Gasteiger partial charge in [0, 0.05) is 16.1 Å². The van der Waals surface area contributed by atoms with Crippen molar-refractivity contribution in [2.45, 2.75) is 18.4 Å². The first-order chi connectivity index (χ1) is 10.0. The molecule has 2 N–H and O–H groups in total. The maximum absolute atomic E-state index is 13.4. The third-order valence-electron chi connectivity index (χ3n) is 3.15. The van der Waals surface area contributed by atoms with Gasteiger partial charge < -0.3 is 10.4 Å². The van der Waals surface area contributed by atoms with Gasteiger partial charge in [-0.2, -0.15) is 0 Å². The Morgan fingerprint density at radius 2 is 2.05 bits per heavy atom. The molecule has 0 saturated carbocycles. The predicted molar refractivity (Wildman–Crippen MR) is 83.2 cm³/mol. The smallest absolute Gasteiger partial charge is 0.255 e. The Hall–Kier alpha value is -1.85. The van der Waals surface area contributed by atoms with Gasteiger partial charge in [-0.05, 0) is 48.6 Å². The summed E-state index contributed by atoms with van der Waals surface area (Å²) < 4.78 is 13.4. The first kappa shape index (κ1) is 15.5. The maximum atomic E-state index is 13.4. The highest BCUT2D eigenvalue weighted by Crippen LogP contribution is 2.22. The van der Waals surface area contributed by atoms with Crippen molar-refractivity contribution in [3.63, 3.8) is 0 Å². The van der Waals surface area contributed by atoms with Crippen LogP contribution in [0.25, 0.3) is 0 Å². The molecule has 2 aromatic carbocycles. The molecule has 0 aliphatic carbocycles. The van der Waals surface area contributed by atoms with Crippen LogP contribution in [0.2, 0.25) is 0 Å². The van der Waals surface area contributed by atoms with Crippen LogP contribution in [0.5, 0.6) is 0 Å². The third kappa shape index (κ3) is 3.62. The molecule has 21 heavy (non-hydrogen) atoms. The molecule has 0 unspecified atom stereocenters. The molecule has 0 aromatic heterocycles. The number of hydrogen-bond donors (Lipinski definition) is 2. The minimum absolute atomic E-state index is 0.0870. The summed E-state index contributed by atoms with van der Waals surface area (Å²) in [6.07, 6.45) is 1.76. The van der Waals surface area contributed by atoms with E-state index < -0.39 is 0 Å². The maximum Gasteiger partial charge on any atom is 0.255 e. The molecule has 1 amide bonds. The van der Waals surface area contributed by atoms with Crippen LogP contribution in [0.4, 0.5) is 10.1 Å². The normalized spacial score (nSPS) is 10.5. The Morgan fingerprint density at radius 3 is 2.71 bits per heavy atom. The summed E-state index contributed by atoms with van der Waals surface area (Å²) in [4.78, 5) is 12.7. The molecular formula is C16H16FNO2S. The van der Waals surface area contributed by atoms with Crippen molar-refractivity contribution in [1.29, 1.82) is 0 Å². The average molecular weight is 305 g/mol. The number of amides is 1. The summed E-state index contributed by atoms with van der Waals surface area (Å²) in [6, 6.07) is 9.63. The summed E-state index contributed by atoms with van der Waals surface area (Å²) in [6.45, 7) is 1.78. The molecule has 0 spiro atoms. The Kier molecular flexibility index (Phi) is 4.98. The largest absolute Gasteiger partial charge is 0.392 e. The van der Waals surface area contributed by atoms with Crippen molar-refractivity contribution in [3.05, 3.63) is 58.9 Å². The van der Waals surface area contributed by atoms with E-state index in [9.17, 15) is 9.18 Å². The second-order valence-electron chi connectivity index (χ2n) is 4.61. The Labute approximate surface area is 127 Å². The lowest BCUT2D eigenvalue weighted by atomic mass is 10.1. The summed E-state index contributed by atoms with van der Waals surface area (Å²) in [5, 5.41) is 11.9. The number of hydrogen-bond acceptors (Lipinski definition) is 3. The topological polar surface area (TPSA) is 49.3 Å². The molecule has 0 aliphatic rings. The van der Waals surface area contributed by atoms with E-state index in [0.29, 0.717) is 16.1 Å². The van der Waals surface area contributed by atoms with E-state index in [4.69, 9.17) is 5.11 Å². The molecule has 0 heterocycles. The molecule has 2 aromatic rings. The SMILES string of the molecule is CSc1cc(C(=O)Nc2cc(CO)ccc2C)ccc1F. The van der Waals surface area contributed by atoms with Crippen LogP contribution in [0.15, 0.2) is 41.3 Å². The van der Waals surface area contributed by atoms with Gasteiger partial charge in [0.25, 0.3) is 5.91 Å². The second-order valence-corrected chi connectivity index (χ2v) is 5.46. The zero-order valence-corrected chi connectivity index (χ0v) is 12.6. The summed E-state index contributed by atoms with van der Waals surface area (Å²) >= 11 is 1.25. The van der Waals surface area contributed by atoms with Gasteiger partial charge in [0.15, 0.2) is 0 Å². The number of carbonyl (C=O) groups excluding carboxylic acids is 1. The summed E-state index contributed by atoms with van der Waals surface area (Å²) in [5.74, 6) is -0.638. The van der Waals surface area contributed by atoms with E-state index in [-0.39, 0.29) is 18.3 Å². The van der Waals surface area contributed by atoms with E-state index >= 15 is 0 Å². The molecule has 0 aliphatic heterocycles. The van der Waals surface area contributed by atoms with Gasteiger partial charge in [-0.25, -0.2) is 4.39 Å². The van der Waals surface area contributed by atoms with Crippen molar-refractivity contribution in [2.24, 2.45) is 0 Å². The Balaban J connectivity index is 2.25. The van der Waals surface area contributed by atoms with E-state index in [1.807, 2.05) is 13.0 Å². The third-order valence-corrected chi connectivity index (χ3v) is 3.90. The fourth-order valence-corrected chi connectivity index (χ4v) is 2.41. The number of anilines is 1. The monoisotopic (exact) mass is 305 g/mol. The van der Waals surface area contributed by atoms with Crippen LogP contribution in [0.1, 0.15) is 21.5 Å². The molecule has 5 heteroatoms. The van der Waals surface area contributed by atoms with E-state index in [1.165, 1.54) is 30.0 Å². The highest BCUT2D eigenvalue weighted by molar-refractivity contribution is 7.98. The lowest BCUT2D eigenvalue weighted by Crippen LogP contribution is -2.13. The molecule has 0 atom stereocenters. The van der Waals surface area contributed by atoms with Gasteiger partial charge in [0.05, 0.1) is 6.61 Å². The molecular weight excluding hydrogens is 289 g/mol. The quantitative estimate of drug-likeness (QED) is 0.849. The number of nitrogens with one attached hydrogen (secondary N) is 1. The Bertz CT molecular complexity index is 673. The number of halogens is 1. The molecule has 0 fully saturated rings. The average Bonchev–Trinajstić information content (AvgIpc) is 2.49. The number of rotatable bonds is 4. The molecule has 110 valence electrons. The molecule has 3 nitrogen and oxygen atoms in total. The fraction of sp³-hybridized carbons (Fsp3) is 0.188. The first-order valence-electron chi connectivity index (χ1n) is 6.40. The molecule has 2 rings (SSSR count). The Morgan fingerprint density at radius 1 is 1.29 bits per heavy atom. The van der Waals surface area contributed by atoms with Crippen molar-refractivity contribution in [1.82, 2.24) is 0 Å². The fourth-order valence-electron chi connectivity index (χ4n) is 1.90. The van der Waals surface area contributed by atoms with Gasteiger partial charge >= 0.3 is 0 Å². The highest BCUT2D eigenvalue weighted by Gasteiger charge is 2.11. The van der Waals surface area contributed by atoms with Crippen molar-refractivity contribution < 1.29 is 14.3 Å². The number of aliphatic hydroxyl groups is 1. The highest BCUT2D eigenvalue weighted by atomic mass is 32.2. The lowest BCUT2D eigenvalue weighted by molar-refractivity contribution is 0.102. The summed E-state index contributed by atoms with van der Waals surface area (Å²) in [7, 11) is 0. The van der Waals surface area contributed by atoms with E-state index in [0.717, 1.165) is 11.1 Å². The number of thioether (sulfide) groups is 1. The van der Waals surface area contributed by atoms with Crippen LogP contribution in [-0.4, -0.2) is 17.3 Å². The number of aliphatic hydroxyl groups excluding tert-OH is 1. The second kappa shape index (κ2) is 6.74. The van der Waals surface area contributed by atoms with E-state index in [2.05, 4.69) is 5.32 Å².